The summed E-state index contributed by atoms with van der Waals surface area (Å²) in [5.74, 6) is -0.319. The van der Waals surface area contributed by atoms with E-state index in [9.17, 15) is 9.59 Å². The van der Waals surface area contributed by atoms with Gasteiger partial charge in [-0.1, -0.05) is 0 Å². The standard InChI is InChI=1S/C15H21N3O4/c1-10-8-11(5-6-14(20)21)17-15(16-10)12-4-3-7-18(12)13(19)9-22-2/h8,12H,3-7,9H2,1-2H3,(H,20,21)/t12-/m1/s1. The van der Waals surface area contributed by atoms with Crippen molar-refractivity contribution in [1.29, 1.82) is 0 Å². The van der Waals surface area contributed by atoms with Crippen LogP contribution in [-0.4, -0.2) is 52.1 Å². The Bertz CT molecular complexity index is 562. The Hall–Kier alpha value is -2.02. The second kappa shape index (κ2) is 7.31. The first kappa shape index (κ1) is 16.4. The van der Waals surface area contributed by atoms with Crippen LogP contribution in [-0.2, 0) is 20.7 Å². The van der Waals surface area contributed by atoms with Crippen LogP contribution in [0, 0.1) is 6.92 Å². The van der Waals surface area contributed by atoms with Gasteiger partial charge >= 0.3 is 5.97 Å². The Labute approximate surface area is 129 Å². The number of aryl methyl sites for hydroxylation is 2. The number of hydrogen-bond acceptors (Lipinski definition) is 5. The van der Waals surface area contributed by atoms with Crippen LogP contribution in [0.2, 0.25) is 0 Å². The summed E-state index contributed by atoms with van der Waals surface area (Å²) in [5, 5.41) is 8.79. The molecular formula is C15H21N3O4. The number of carboxylic acid groups (broad SMARTS) is 1. The molecule has 1 fully saturated rings. The van der Waals surface area contributed by atoms with Crippen LogP contribution in [0.3, 0.4) is 0 Å². The van der Waals surface area contributed by atoms with Gasteiger partial charge in [-0.25, -0.2) is 9.97 Å². The number of carbonyl (C=O) groups is 2. The summed E-state index contributed by atoms with van der Waals surface area (Å²) in [5.41, 5.74) is 1.49. The number of aromatic nitrogens is 2. The van der Waals surface area contributed by atoms with Gasteiger partial charge in [0.25, 0.3) is 0 Å². The molecule has 120 valence electrons. The lowest BCUT2D eigenvalue weighted by Crippen LogP contribution is -2.34. The molecule has 0 aliphatic carbocycles. The zero-order valence-corrected chi connectivity index (χ0v) is 12.9. The second-order valence-electron chi connectivity index (χ2n) is 5.43. The van der Waals surface area contributed by atoms with Gasteiger partial charge < -0.3 is 14.7 Å². The van der Waals surface area contributed by atoms with Crippen LogP contribution in [0.15, 0.2) is 6.07 Å². The molecule has 1 aromatic rings. The van der Waals surface area contributed by atoms with E-state index in [-0.39, 0.29) is 25.0 Å². The number of rotatable bonds is 6. The van der Waals surface area contributed by atoms with Crippen molar-refractivity contribution < 1.29 is 19.4 Å². The monoisotopic (exact) mass is 307 g/mol. The molecule has 1 saturated heterocycles. The van der Waals surface area contributed by atoms with Crippen molar-refractivity contribution in [2.45, 2.75) is 38.6 Å². The Morgan fingerprint density at radius 3 is 2.91 bits per heavy atom. The lowest BCUT2D eigenvalue weighted by Gasteiger charge is -2.23. The van der Waals surface area contributed by atoms with E-state index in [0.29, 0.717) is 24.5 Å². The van der Waals surface area contributed by atoms with Crippen LogP contribution >= 0.6 is 0 Å². The van der Waals surface area contributed by atoms with Gasteiger partial charge in [0.2, 0.25) is 5.91 Å². The summed E-state index contributed by atoms with van der Waals surface area (Å²) < 4.78 is 4.92. The highest BCUT2D eigenvalue weighted by atomic mass is 16.5. The average Bonchev–Trinajstić information content (AvgIpc) is 2.94. The van der Waals surface area contributed by atoms with Gasteiger partial charge in [0.15, 0.2) is 5.82 Å². The average molecular weight is 307 g/mol. The van der Waals surface area contributed by atoms with Crippen molar-refractivity contribution in [1.82, 2.24) is 14.9 Å². The van der Waals surface area contributed by atoms with Gasteiger partial charge in [0, 0.05) is 31.5 Å². The lowest BCUT2D eigenvalue weighted by molar-refractivity contribution is -0.137. The number of amides is 1. The maximum Gasteiger partial charge on any atom is 0.303 e. The van der Waals surface area contributed by atoms with Gasteiger partial charge in [-0.3, -0.25) is 9.59 Å². The summed E-state index contributed by atoms with van der Waals surface area (Å²) in [7, 11) is 1.50. The number of carboxylic acids is 1. The van der Waals surface area contributed by atoms with Crippen LogP contribution < -0.4 is 0 Å². The van der Waals surface area contributed by atoms with Gasteiger partial charge in [0.05, 0.1) is 12.5 Å². The van der Waals surface area contributed by atoms with Gasteiger partial charge in [0.1, 0.15) is 6.61 Å². The minimum atomic E-state index is -0.851. The van der Waals surface area contributed by atoms with E-state index in [0.717, 1.165) is 18.5 Å². The molecule has 7 nitrogen and oxygen atoms in total. The third kappa shape index (κ3) is 4.00. The molecule has 1 amide bonds. The largest absolute Gasteiger partial charge is 0.481 e. The molecule has 1 atom stereocenters. The van der Waals surface area contributed by atoms with Gasteiger partial charge in [-0.05, 0) is 25.8 Å². The van der Waals surface area contributed by atoms with Crippen molar-refractivity contribution >= 4 is 11.9 Å². The quantitative estimate of drug-likeness (QED) is 0.846. The summed E-state index contributed by atoms with van der Waals surface area (Å²) in [4.78, 5) is 33.4. The number of methoxy groups -OCH3 is 1. The molecule has 0 aromatic carbocycles. The molecule has 0 radical (unpaired) electrons. The zero-order chi connectivity index (χ0) is 16.1. The number of likely N-dealkylation sites (tertiary alicyclic amines) is 1. The summed E-state index contributed by atoms with van der Waals surface area (Å²) >= 11 is 0. The zero-order valence-electron chi connectivity index (χ0n) is 12.9. The highest BCUT2D eigenvalue weighted by molar-refractivity contribution is 5.78. The van der Waals surface area contributed by atoms with Crippen LogP contribution in [0.4, 0.5) is 0 Å². The minimum absolute atomic E-state index is 0.0346. The summed E-state index contributed by atoms with van der Waals surface area (Å²) in [6, 6.07) is 1.65. The molecule has 1 aliphatic heterocycles. The van der Waals surface area contributed by atoms with Crippen molar-refractivity contribution in [2.75, 3.05) is 20.3 Å². The summed E-state index contributed by atoms with van der Waals surface area (Å²) in [6.07, 6.45) is 2.12. The molecule has 2 heterocycles. The van der Waals surface area contributed by atoms with Gasteiger partial charge in [-0.2, -0.15) is 0 Å². The molecule has 22 heavy (non-hydrogen) atoms. The van der Waals surface area contributed by atoms with E-state index >= 15 is 0 Å². The number of hydrogen-bond donors (Lipinski definition) is 1. The van der Waals surface area contributed by atoms with E-state index in [1.54, 1.807) is 11.0 Å². The van der Waals surface area contributed by atoms with E-state index in [2.05, 4.69) is 9.97 Å². The smallest absolute Gasteiger partial charge is 0.303 e. The first-order valence-corrected chi connectivity index (χ1v) is 7.36. The van der Waals surface area contributed by atoms with Crippen molar-refractivity contribution in [3.05, 3.63) is 23.3 Å². The molecule has 0 saturated carbocycles. The third-order valence-corrected chi connectivity index (χ3v) is 3.66. The first-order chi connectivity index (χ1) is 10.5. The normalized spacial score (nSPS) is 17.7. The van der Waals surface area contributed by atoms with E-state index < -0.39 is 5.97 Å². The van der Waals surface area contributed by atoms with Crippen molar-refractivity contribution in [3.63, 3.8) is 0 Å². The number of aliphatic carboxylic acids is 1. The van der Waals surface area contributed by atoms with Crippen LogP contribution in [0.5, 0.6) is 0 Å². The predicted octanol–water partition coefficient (Wildman–Crippen LogP) is 1.11. The minimum Gasteiger partial charge on any atom is -0.481 e. The van der Waals surface area contributed by atoms with E-state index in [1.165, 1.54) is 7.11 Å². The summed E-state index contributed by atoms with van der Waals surface area (Å²) in [6.45, 7) is 2.58. The molecule has 7 heteroatoms. The number of ether oxygens (including phenoxy) is 1. The third-order valence-electron chi connectivity index (χ3n) is 3.66. The maximum absolute atomic E-state index is 12.1. The topological polar surface area (TPSA) is 92.6 Å². The number of carbonyl (C=O) groups excluding carboxylic acids is 1. The molecule has 1 N–H and O–H groups in total. The predicted molar refractivity (Wildman–Crippen MR) is 78.3 cm³/mol. The molecular weight excluding hydrogens is 286 g/mol. The molecule has 0 unspecified atom stereocenters. The fraction of sp³-hybridized carbons (Fsp3) is 0.600. The Morgan fingerprint density at radius 1 is 1.45 bits per heavy atom. The van der Waals surface area contributed by atoms with E-state index in [1.807, 2.05) is 6.92 Å². The highest BCUT2D eigenvalue weighted by Gasteiger charge is 2.32. The molecule has 0 spiro atoms. The lowest BCUT2D eigenvalue weighted by atomic mass is 10.1. The maximum atomic E-state index is 12.1. The van der Waals surface area contributed by atoms with Crippen LogP contribution in [0.1, 0.15) is 42.5 Å². The van der Waals surface area contributed by atoms with E-state index in [4.69, 9.17) is 9.84 Å². The number of nitrogens with zero attached hydrogens (tertiary/aromatic N) is 3. The molecule has 1 aromatic heterocycles. The second-order valence-corrected chi connectivity index (χ2v) is 5.43. The first-order valence-electron chi connectivity index (χ1n) is 7.36. The molecule has 1 aliphatic rings. The molecule has 2 rings (SSSR count). The Balaban J connectivity index is 2.19. The SMILES string of the molecule is COCC(=O)N1CCC[C@@H]1c1nc(C)cc(CCC(=O)O)n1. The highest BCUT2D eigenvalue weighted by Crippen LogP contribution is 2.30. The Morgan fingerprint density at radius 2 is 2.23 bits per heavy atom. The van der Waals surface area contributed by atoms with Crippen molar-refractivity contribution in [3.8, 4) is 0 Å². The fourth-order valence-corrected chi connectivity index (χ4v) is 2.71. The fourth-order valence-electron chi connectivity index (χ4n) is 2.71. The van der Waals surface area contributed by atoms with Crippen LogP contribution in [0.25, 0.3) is 0 Å². The van der Waals surface area contributed by atoms with Crippen molar-refractivity contribution in [2.24, 2.45) is 0 Å². The Kier molecular flexibility index (Phi) is 5.43. The molecule has 0 bridgehead atoms. The van der Waals surface area contributed by atoms with Gasteiger partial charge in [-0.15, -0.1) is 0 Å².